The molecule has 0 saturated carbocycles. The second-order valence-electron chi connectivity index (χ2n) is 7.53. The molecule has 6 nitrogen and oxygen atoms in total. The van der Waals surface area contributed by atoms with Gasteiger partial charge in [0.05, 0.1) is 18.5 Å². The standard InChI is InChI=1S/C24H19F4N3O3/c1-33-30-12-11-29-22(32)20-10-9-19(17-7-2-3-8-18(17)20)21-14-23(34-31-21,24(26,27)28)15-5-4-6-16(25)13-15/h2-10,12-13H,11,14H2,1H3,(H,29,32). The number of nitrogens with zero attached hydrogens (tertiary/aromatic N) is 2. The topological polar surface area (TPSA) is 72.3 Å². The van der Waals surface area contributed by atoms with Crippen molar-refractivity contribution in [1.82, 2.24) is 5.32 Å². The molecule has 1 unspecified atom stereocenters. The van der Waals surface area contributed by atoms with Crippen LogP contribution in [0.1, 0.15) is 27.9 Å². The Balaban J connectivity index is 1.71. The maximum Gasteiger partial charge on any atom is 0.435 e. The second kappa shape index (κ2) is 9.12. The molecule has 1 atom stereocenters. The fourth-order valence-corrected chi connectivity index (χ4v) is 3.88. The first-order valence-electron chi connectivity index (χ1n) is 10.2. The molecule has 1 heterocycles. The number of nitrogens with one attached hydrogen (secondary N) is 1. The molecule has 0 aromatic heterocycles. The van der Waals surface area contributed by atoms with Crippen molar-refractivity contribution in [3.8, 4) is 0 Å². The largest absolute Gasteiger partial charge is 0.435 e. The molecule has 0 spiro atoms. The van der Waals surface area contributed by atoms with E-state index in [0.29, 0.717) is 21.9 Å². The van der Waals surface area contributed by atoms with Gasteiger partial charge in [-0.15, -0.1) is 0 Å². The average Bonchev–Trinajstić information content (AvgIpc) is 3.28. The van der Waals surface area contributed by atoms with Crippen molar-refractivity contribution in [2.45, 2.75) is 18.2 Å². The van der Waals surface area contributed by atoms with Gasteiger partial charge in [0.25, 0.3) is 11.5 Å². The zero-order valence-electron chi connectivity index (χ0n) is 17.9. The number of carbonyl (C=O) groups excluding carboxylic acids is 1. The lowest BCUT2D eigenvalue weighted by atomic mass is 9.85. The Morgan fingerprint density at radius 1 is 1.18 bits per heavy atom. The Hall–Kier alpha value is -3.95. The summed E-state index contributed by atoms with van der Waals surface area (Å²) < 4.78 is 56.3. The van der Waals surface area contributed by atoms with Gasteiger partial charge in [0.2, 0.25) is 0 Å². The highest BCUT2D eigenvalue weighted by atomic mass is 19.4. The van der Waals surface area contributed by atoms with Gasteiger partial charge in [-0.1, -0.05) is 52.8 Å². The summed E-state index contributed by atoms with van der Waals surface area (Å²) in [6.45, 7) is 0.130. The lowest BCUT2D eigenvalue weighted by Crippen LogP contribution is -2.42. The van der Waals surface area contributed by atoms with E-state index < -0.39 is 24.0 Å². The van der Waals surface area contributed by atoms with Gasteiger partial charge in [0.15, 0.2) is 0 Å². The normalized spacial score (nSPS) is 18.1. The zero-order valence-corrected chi connectivity index (χ0v) is 17.9. The molecular weight excluding hydrogens is 454 g/mol. The van der Waals surface area contributed by atoms with E-state index in [2.05, 4.69) is 20.5 Å². The summed E-state index contributed by atoms with van der Waals surface area (Å²) in [5.41, 5.74) is -2.44. The fourth-order valence-electron chi connectivity index (χ4n) is 3.88. The highest BCUT2D eigenvalue weighted by Gasteiger charge is 2.62. The number of benzene rings is 3. The SMILES string of the molecule is CON=CCNC(=O)c1ccc(C2=NOC(c3cccc(F)c3)(C(F)(F)F)C2)c2ccccc12. The van der Waals surface area contributed by atoms with E-state index in [4.69, 9.17) is 4.84 Å². The summed E-state index contributed by atoms with van der Waals surface area (Å²) in [6.07, 6.45) is -4.13. The van der Waals surface area contributed by atoms with Crippen LogP contribution in [0.5, 0.6) is 0 Å². The third-order valence-corrected chi connectivity index (χ3v) is 5.49. The summed E-state index contributed by atoms with van der Waals surface area (Å²) in [4.78, 5) is 22.2. The molecule has 0 saturated heterocycles. The van der Waals surface area contributed by atoms with Crippen molar-refractivity contribution in [3.63, 3.8) is 0 Å². The molecule has 1 amide bonds. The third kappa shape index (κ3) is 4.18. The number of amides is 1. The highest BCUT2D eigenvalue weighted by Crippen LogP contribution is 2.49. The van der Waals surface area contributed by atoms with Crippen molar-refractivity contribution in [3.05, 3.63) is 83.2 Å². The summed E-state index contributed by atoms with van der Waals surface area (Å²) in [5, 5.41) is 11.0. The number of hydrogen-bond donors (Lipinski definition) is 1. The van der Waals surface area contributed by atoms with E-state index in [-0.39, 0.29) is 23.7 Å². The van der Waals surface area contributed by atoms with Crippen molar-refractivity contribution in [2.75, 3.05) is 13.7 Å². The Bertz CT molecular complexity index is 1290. The highest BCUT2D eigenvalue weighted by molar-refractivity contribution is 6.16. The molecule has 1 aliphatic rings. The van der Waals surface area contributed by atoms with Crippen LogP contribution in [0.25, 0.3) is 10.8 Å². The molecule has 3 aromatic carbocycles. The van der Waals surface area contributed by atoms with Crippen LogP contribution in [0.3, 0.4) is 0 Å². The van der Waals surface area contributed by atoms with E-state index in [1.807, 2.05) is 0 Å². The predicted molar refractivity (Wildman–Crippen MR) is 118 cm³/mol. The van der Waals surface area contributed by atoms with Gasteiger partial charge in [-0.2, -0.15) is 13.2 Å². The number of hydrogen-bond acceptors (Lipinski definition) is 5. The van der Waals surface area contributed by atoms with Crippen LogP contribution in [0.2, 0.25) is 0 Å². The molecular formula is C24H19F4N3O3. The molecule has 10 heteroatoms. The minimum Gasteiger partial charge on any atom is -0.399 e. The molecule has 34 heavy (non-hydrogen) atoms. The quantitative estimate of drug-likeness (QED) is 0.314. The van der Waals surface area contributed by atoms with Crippen molar-refractivity contribution >= 4 is 28.6 Å². The molecule has 0 aliphatic carbocycles. The molecule has 1 aliphatic heterocycles. The van der Waals surface area contributed by atoms with Crippen molar-refractivity contribution in [2.24, 2.45) is 10.3 Å². The molecule has 4 rings (SSSR count). The van der Waals surface area contributed by atoms with E-state index >= 15 is 0 Å². The van der Waals surface area contributed by atoms with Crippen LogP contribution in [-0.2, 0) is 15.3 Å². The van der Waals surface area contributed by atoms with Crippen molar-refractivity contribution in [1.29, 1.82) is 0 Å². The Kier molecular flexibility index (Phi) is 6.23. The number of alkyl halides is 3. The van der Waals surface area contributed by atoms with Crippen molar-refractivity contribution < 1.29 is 32.0 Å². The summed E-state index contributed by atoms with van der Waals surface area (Å²) in [5.74, 6) is -1.20. The number of oxime groups is 2. The molecule has 1 N–H and O–H groups in total. The van der Waals surface area contributed by atoms with Gasteiger partial charge in [-0.3, -0.25) is 4.79 Å². The Labute approximate surface area is 191 Å². The summed E-state index contributed by atoms with van der Waals surface area (Å²) in [7, 11) is 1.38. The Morgan fingerprint density at radius 2 is 1.94 bits per heavy atom. The second-order valence-corrected chi connectivity index (χ2v) is 7.53. The van der Waals surface area contributed by atoms with Gasteiger partial charge in [-0.05, 0) is 29.0 Å². The van der Waals surface area contributed by atoms with E-state index in [9.17, 15) is 22.4 Å². The van der Waals surface area contributed by atoms with E-state index in [1.165, 1.54) is 31.5 Å². The third-order valence-electron chi connectivity index (χ3n) is 5.49. The first-order valence-corrected chi connectivity index (χ1v) is 10.2. The van der Waals surface area contributed by atoms with Gasteiger partial charge in [-0.25, -0.2) is 4.39 Å². The van der Waals surface area contributed by atoms with Crippen LogP contribution in [0, 0.1) is 5.82 Å². The van der Waals surface area contributed by atoms with Crippen LogP contribution in [0.4, 0.5) is 17.6 Å². The predicted octanol–water partition coefficient (Wildman–Crippen LogP) is 4.92. The van der Waals surface area contributed by atoms with Crippen LogP contribution in [-0.4, -0.2) is 37.7 Å². The smallest absolute Gasteiger partial charge is 0.399 e. The van der Waals surface area contributed by atoms with Gasteiger partial charge in [0, 0.05) is 23.1 Å². The molecule has 0 radical (unpaired) electrons. The first-order chi connectivity index (χ1) is 16.3. The van der Waals surface area contributed by atoms with Gasteiger partial charge >= 0.3 is 6.18 Å². The average molecular weight is 473 g/mol. The summed E-state index contributed by atoms with van der Waals surface area (Å²) >= 11 is 0. The number of fused-ring (bicyclic) bond motifs is 1. The van der Waals surface area contributed by atoms with Crippen LogP contribution in [0.15, 0.2) is 71.0 Å². The van der Waals surface area contributed by atoms with E-state index in [1.54, 1.807) is 24.3 Å². The molecule has 0 fully saturated rings. The lowest BCUT2D eigenvalue weighted by Gasteiger charge is -2.29. The lowest BCUT2D eigenvalue weighted by molar-refractivity contribution is -0.275. The first kappa shape index (κ1) is 23.2. The van der Waals surface area contributed by atoms with Gasteiger partial charge in [0.1, 0.15) is 12.9 Å². The number of rotatable bonds is 6. The number of halogens is 4. The summed E-state index contributed by atoms with van der Waals surface area (Å²) in [6, 6.07) is 14.1. The monoisotopic (exact) mass is 473 g/mol. The number of carbonyl (C=O) groups is 1. The molecule has 3 aromatic rings. The zero-order chi connectivity index (χ0) is 24.3. The van der Waals surface area contributed by atoms with Crippen LogP contribution < -0.4 is 5.32 Å². The maximum absolute atomic E-state index is 14.2. The molecule has 0 bridgehead atoms. The Morgan fingerprint density at radius 3 is 2.65 bits per heavy atom. The maximum atomic E-state index is 14.2. The van der Waals surface area contributed by atoms with Gasteiger partial charge < -0.3 is 15.0 Å². The minimum absolute atomic E-state index is 0.0389. The molecule has 176 valence electrons. The fraction of sp³-hybridized carbons (Fsp3) is 0.208. The minimum atomic E-state index is -4.86. The van der Waals surface area contributed by atoms with Crippen LogP contribution >= 0.6 is 0 Å². The van der Waals surface area contributed by atoms with E-state index in [0.717, 1.165) is 18.2 Å².